The minimum absolute atomic E-state index is 0.374. The molecule has 0 fully saturated rings. The van der Waals surface area contributed by atoms with Crippen molar-refractivity contribution in [2.45, 2.75) is 6.42 Å². The Morgan fingerprint density at radius 2 is 2.07 bits per heavy atom. The fourth-order valence-corrected chi connectivity index (χ4v) is 1.09. The van der Waals surface area contributed by atoms with Gasteiger partial charge in [-0.25, -0.2) is 8.72 Å². The zero-order valence-corrected chi connectivity index (χ0v) is 9.53. The van der Waals surface area contributed by atoms with Gasteiger partial charge < -0.3 is 4.74 Å². The molecule has 0 spiro atoms. The Hall–Kier alpha value is -1.03. The molecule has 0 heterocycles. The van der Waals surface area contributed by atoms with E-state index in [1.54, 1.807) is 7.05 Å². The number of ether oxygens (including phenoxy) is 1. The predicted octanol–water partition coefficient (Wildman–Crippen LogP) is 2.61. The molecule has 1 rings (SSSR count). The molecule has 0 saturated heterocycles. The summed E-state index contributed by atoms with van der Waals surface area (Å²) in [7, 11) is 1.59. The van der Waals surface area contributed by atoms with Crippen LogP contribution < -0.4 is 0 Å². The highest BCUT2D eigenvalue weighted by molar-refractivity contribution is 9.07. The highest BCUT2D eigenvalue weighted by atomic mass is 79.9. The number of carbonyl (C=O) groups is 1. The molecule has 0 N–H and O–H groups in total. The molecule has 0 aromatic heterocycles. The van der Waals surface area contributed by atoms with Crippen LogP contribution in [-0.2, 0) is 11.2 Å². The second kappa shape index (κ2) is 5.65. The van der Waals surface area contributed by atoms with E-state index < -0.39 is 0 Å². The van der Waals surface area contributed by atoms with E-state index in [4.69, 9.17) is 4.74 Å². The molecular formula is C10H12BrNO2. The maximum atomic E-state index is 11.0. The minimum atomic E-state index is -0.374. The highest BCUT2D eigenvalue weighted by Gasteiger charge is 2.05. The summed E-state index contributed by atoms with van der Waals surface area (Å²) >= 11 is 2.98. The van der Waals surface area contributed by atoms with E-state index in [1.165, 1.54) is 3.93 Å². The molecule has 0 atom stereocenters. The Bertz CT molecular complexity index is 287. The monoisotopic (exact) mass is 257 g/mol. The van der Waals surface area contributed by atoms with Gasteiger partial charge in [0.25, 0.3) is 0 Å². The Kier molecular flexibility index (Phi) is 4.46. The summed E-state index contributed by atoms with van der Waals surface area (Å²) < 4.78 is 6.18. The van der Waals surface area contributed by atoms with Crippen molar-refractivity contribution in [2.24, 2.45) is 0 Å². The lowest BCUT2D eigenvalue weighted by molar-refractivity contribution is 0.135. The van der Waals surface area contributed by atoms with Crippen LogP contribution in [-0.4, -0.2) is 23.7 Å². The second-order valence-corrected chi connectivity index (χ2v) is 3.89. The van der Waals surface area contributed by atoms with Crippen molar-refractivity contribution in [1.82, 2.24) is 3.93 Å². The van der Waals surface area contributed by atoms with Crippen molar-refractivity contribution in [1.29, 1.82) is 0 Å². The predicted molar refractivity (Wildman–Crippen MR) is 58.2 cm³/mol. The van der Waals surface area contributed by atoms with Crippen molar-refractivity contribution in [3.8, 4) is 0 Å². The van der Waals surface area contributed by atoms with Crippen LogP contribution in [0.15, 0.2) is 30.3 Å². The molecule has 0 unspecified atom stereocenters. The molecule has 0 aliphatic carbocycles. The van der Waals surface area contributed by atoms with E-state index >= 15 is 0 Å². The molecule has 1 amide bonds. The van der Waals surface area contributed by atoms with Crippen molar-refractivity contribution in [3.05, 3.63) is 35.9 Å². The zero-order valence-electron chi connectivity index (χ0n) is 7.94. The van der Waals surface area contributed by atoms with Gasteiger partial charge in [0.2, 0.25) is 0 Å². The molecule has 76 valence electrons. The first-order valence-electron chi connectivity index (χ1n) is 4.30. The van der Waals surface area contributed by atoms with E-state index in [-0.39, 0.29) is 6.09 Å². The third-order valence-corrected chi connectivity index (χ3v) is 2.00. The first kappa shape index (κ1) is 11.0. The molecule has 1 aromatic rings. The summed E-state index contributed by atoms with van der Waals surface area (Å²) in [6, 6.07) is 9.90. The number of benzene rings is 1. The Balaban J connectivity index is 2.26. The highest BCUT2D eigenvalue weighted by Crippen LogP contribution is 2.01. The number of rotatable bonds is 3. The Morgan fingerprint density at radius 1 is 1.43 bits per heavy atom. The van der Waals surface area contributed by atoms with Crippen LogP contribution in [0.25, 0.3) is 0 Å². The van der Waals surface area contributed by atoms with Gasteiger partial charge in [0, 0.05) is 13.5 Å². The second-order valence-electron chi connectivity index (χ2n) is 2.83. The van der Waals surface area contributed by atoms with Gasteiger partial charge in [0.15, 0.2) is 0 Å². The van der Waals surface area contributed by atoms with Crippen LogP contribution in [0.2, 0.25) is 0 Å². The Morgan fingerprint density at radius 3 is 2.64 bits per heavy atom. The lowest BCUT2D eigenvalue weighted by Crippen LogP contribution is -2.18. The maximum absolute atomic E-state index is 11.0. The smallest absolute Gasteiger partial charge is 0.419 e. The van der Waals surface area contributed by atoms with Crippen LogP contribution >= 0.6 is 16.1 Å². The fraction of sp³-hybridized carbons (Fsp3) is 0.300. The van der Waals surface area contributed by atoms with Crippen LogP contribution in [0.5, 0.6) is 0 Å². The molecule has 14 heavy (non-hydrogen) atoms. The van der Waals surface area contributed by atoms with Crippen molar-refractivity contribution < 1.29 is 9.53 Å². The minimum Gasteiger partial charge on any atom is -0.448 e. The standard InChI is InChI=1S/C10H12BrNO2/c1-12(11)10(13)14-8-7-9-5-3-2-4-6-9/h2-6H,7-8H2,1H3. The van der Waals surface area contributed by atoms with Crippen LogP contribution in [0.3, 0.4) is 0 Å². The molecule has 0 aliphatic heterocycles. The molecule has 0 saturated carbocycles. The van der Waals surface area contributed by atoms with E-state index in [9.17, 15) is 4.79 Å². The lowest BCUT2D eigenvalue weighted by Gasteiger charge is -2.08. The molecule has 0 radical (unpaired) electrons. The number of hydrogen-bond donors (Lipinski definition) is 0. The van der Waals surface area contributed by atoms with Crippen molar-refractivity contribution in [2.75, 3.05) is 13.7 Å². The molecule has 1 aromatic carbocycles. The number of carbonyl (C=O) groups excluding carboxylic acids is 1. The van der Waals surface area contributed by atoms with E-state index in [1.807, 2.05) is 30.3 Å². The molecule has 0 aliphatic rings. The van der Waals surface area contributed by atoms with E-state index in [0.717, 1.165) is 12.0 Å². The molecular weight excluding hydrogens is 246 g/mol. The average molecular weight is 258 g/mol. The maximum Gasteiger partial charge on any atom is 0.419 e. The first-order chi connectivity index (χ1) is 6.70. The van der Waals surface area contributed by atoms with Crippen LogP contribution in [0, 0.1) is 0 Å². The summed E-state index contributed by atoms with van der Waals surface area (Å²) in [5, 5.41) is 0. The SMILES string of the molecule is CN(Br)C(=O)OCCc1ccccc1. The fourth-order valence-electron chi connectivity index (χ4n) is 0.990. The van der Waals surface area contributed by atoms with Gasteiger partial charge in [-0.05, 0) is 5.56 Å². The number of halogens is 1. The van der Waals surface area contributed by atoms with E-state index in [0.29, 0.717) is 6.61 Å². The Labute approximate surface area is 92.0 Å². The van der Waals surface area contributed by atoms with Gasteiger partial charge in [-0.15, -0.1) is 0 Å². The summed E-state index contributed by atoms with van der Waals surface area (Å²) in [6.45, 7) is 0.402. The van der Waals surface area contributed by atoms with Gasteiger partial charge in [-0.2, -0.15) is 0 Å². The third kappa shape index (κ3) is 3.79. The zero-order chi connectivity index (χ0) is 10.4. The molecule has 0 bridgehead atoms. The quantitative estimate of drug-likeness (QED) is 0.780. The largest absolute Gasteiger partial charge is 0.448 e. The first-order valence-corrected chi connectivity index (χ1v) is 5.01. The summed E-state index contributed by atoms with van der Waals surface area (Å²) in [5.74, 6) is 0. The average Bonchev–Trinajstić information content (AvgIpc) is 2.19. The number of nitrogens with zero attached hydrogens (tertiary/aromatic N) is 1. The van der Waals surface area contributed by atoms with Crippen molar-refractivity contribution >= 4 is 22.2 Å². The lowest BCUT2D eigenvalue weighted by atomic mass is 10.2. The summed E-state index contributed by atoms with van der Waals surface area (Å²) in [4.78, 5) is 11.0. The summed E-state index contributed by atoms with van der Waals surface area (Å²) in [5.41, 5.74) is 1.16. The van der Waals surface area contributed by atoms with Gasteiger partial charge in [0.05, 0.1) is 22.8 Å². The topological polar surface area (TPSA) is 29.5 Å². The number of amides is 1. The van der Waals surface area contributed by atoms with Crippen LogP contribution in [0.4, 0.5) is 4.79 Å². The third-order valence-electron chi connectivity index (χ3n) is 1.71. The van der Waals surface area contributed by atoms with Crippen LogP contribution in [0.1, 0.15) is 5.56 Å². The van der Waals surface area contributed by atoms with Gasteiger partial charge in [-0.3, -0.25) is 0 Å². The van der Waals surface area contributed by atoms with Gasteiger partial charge in [0.1, 0.15) is 0 Å². The van der Waals surface area contributed by atoms with Gasteiger partial charge in [-0.1, -0.05) is 30.3 Å². The van der Waals surface area contributed by atoms with Gasteiger partial charge >= 0.3 is 6.09 Å². The van der Waals surface area contributed by atoms with Crippen molar-refractivity contribution in [3.63, 3.8) is 0 Å². The van der Waals surface area contributed by atoms with E-state index in [2.05, 4.69) is 16.1 Å². The number of hydrogen-bond acceptors (Lipinski definition) is 2. The summed E-state index contributed by atoms with van der Waals surface area (Å²) in [6.07, 6.45) is 0.369. The molecule has 4 heteroatoms. The normalized spacial score (nSPS) is 9.57. The molecule has 3 nitrogen and oxygen atoms in total.